The molecule has 2 aromatic rings. The summed E-state index contributed by atoms with van der Waals surface area (Å²) in [6.45, 7) is 4.03. The maximum Gasteiger partial charge on any atom is 0.358 e. The summed E-state index contributed by atoms with van der Waals surface area (Å²) in [5.74, 6) is -0.411. The Balaban J connectivity index is 2.23. The van der Waals surface area contributed by atoms with Crippen LogP contribution in [0, 0.1) is 6.92 Å². The summed E-state index contributed by atoms with van der Waals surface area (Å²) in [5.41, 5.74) is 2.10. The summed E-state index contributed by atoms with van der Waals surface area (Å²) >= 11 is 0. The van der Waals surface area contributed by atoms with Gasteiger partial charge in [-0.3, -0.25) is 4.98 Å². The molecule has 0 aliphatic rings. The first-order valence-corrected chi connectivity index (χ1v) is 5.35. The molecule has 0 bridgehead atoms. The summed E-state index contributed by atoms with van der Waals surface area (Å²) in [5, 5.41) is 0. The summed E-state index contributed by atoms with van der Waals surface area (Å²) in [4.78, 5) is 19.6. The molecule has 0 saturated carbocycles. The van der Waals surface area contributed by atoms with Crippen molar-refractivity contribution < 1.29 is 9.53 Å². The van der Waals surface area contributed by atoms with Crippen molar-refractivity contribution in [3.63, 3.8) is 0 Å². The van der Waals surface area contributed by atoms with E-state index in [0.717, 1.165) is 11.4 Å². The molecule has 0 spiro atoms. The molecule has 0 aliphatic heterocycles. The van der Waals surface area contributed by atoms with Crippen molar-refractivity contribution in [2.75, 3.05) is 6.61 Å². The summed E-state index contributed by atoms with van der Waals surface area (Å²) in [6, 6.07) is 3.82. The van der Waals surface area contributed by atoms with E-state index in [2.05, 4.69) is 9.97 Å². The summed E-state index contributed by atoms with van der Waals surface area (Å²) in [7, 11) is 0. The minimum absolute atomic E-state index is 0.299. The molecule has 0 N–H and O–H groups in total. The molecule has 0 saturated heterocycles. The maximum absolute atomic E-state index is 11.4. The molecule has 88 valence electrons. The fourth-order valence-corrected chi connectivity index (χ4v) is 1.39. The maximum atomic E-state index is 11.4. The highest BCUT2D eigenvalue weighted by atomic mass is 16.5. The normalized spacial score (nSPS) is 10.2. The number of carbonyl (C=O) groups is 1. The van der Waals surface area contributed by atoms with Gasteiger partial charge in [0.25, 0.3) is 0 Å². The van der Waals surface area contributed by atoms with Crippen molar-refractivity contribution in [1.82, 2.24) is 14.5 Å². The predicted molar refractivity (Wildman–Crippen MR) is 62.1 cm³/mol. The van der Waals surface area contributed by atoms with Gasteiger partial charge in [-0.1, -0.05) is 0 Å². The second-order valence-electron chi connectivity index (χ2n) is 3.54. The number of rotatable bonds is 3. The van der Waals surface area contributed by atoms with E-state index in [1.807, 2.05) is 19.1 Å². The second kappa shape index (κ2) is 4.78. The number of aromatic nitrogens is 3. The smallest absolute Gasteiger partial charge is 0.358 e. The van der Waals surface area contributed by atoms with E-state index in [4.69, 9.17) is 4.74 Å². The highest BCUT2D eigenvalue weighted by Crippen LogP contribution is 2.08. The van der Waals surface area contributed by atoms with Crippen LogP contribution in [0.5, 0.6) is 0 Å². The lowest BCUT2D eigenvalue weighted by atomic mass is 10.3. The first-order chi connectivity index (χ1) is 8.20. The summed E-state index contributed by atoms with van der Waals surface area (Å²) in [6.07, 6.45) is 4.93. The van der Waals surface area contributed by atoms with Crippen molar-refractivity contribution in [2.45, 2.75) is 13.8 Å². The van der Waals surface area contributed by atoms with E-state index in [1.54, 1.807) is 30.2 Å². The minimum Gasteiger partial charge on any atom is -0.461 e. The minimum atomic E-state index is -0.411. The average molecular weight is 231 g/mol. The van der Waals surface area contributed by atoms with E-state index in [-0.39, 0.29) is 0 Å². The molecule has 5 nitrogen and oxygen atoms in total. The molecular weight excluding hydrogens is 218 g/mol. The molecule has 0 fully saturated rings. The van der Waals surface area contributed by atoms with Crippen LogP contribution in [-0.4, -0.2) is 27.1 Å². The van der Waals surface area contributed by atoms with E-state index in [9.17, 15) is 4.79 Å². The third-order valence-corrected chi connectivity index (χ3v) is 2.26. The highest BCUT2D eigenvalue weighted by Gasteiger charge is 2.10. The van der Waals surface area contributed by atoms with Crippen LogP contribution >= 0.6 is 0 Å². The van der Waals surface area contributed by atoms with Gasteiger partial charge in [-0.25, -0.2) is 9.78 Å². The number of aryl methyl sites for hydroxylation is 1. The van der Waals surface area contributed by atoms with Gasteiger partial charge in [0.2, 0.25) is 0 Å². The fraction of sp³-hybridized carbons (Fsp3) is 0.250. The lowest BCUT2D eigenvalue weighted by Crippen LogP contribution is -2.04. The van der Waals surface area contributed by atoms with Crippen LogP contribution in [0.25, 0.3) is 5.69 Å². The molecule has 0 aromatic carbocycles. The zero-order valence-electron chi connectivity index (χ0n) is 9.75. The largest absolute Gasteiger partial charge is 0.461 e. The van der Waals surface area contributed by atoms with E-state index in [1.165, 1.54) is 0 Å². The van der Waals surface area contributed by atoms with Crippen LogP contribution in [-0.2, 0) is 4.74 Å². The standard InChI is InChI=1S/C12H13N3O2/c1-3-17-12(16)11-7-15(8-14-11)10-5-4-9(2)13-6-10/h4-8H,3H2,1-2H3. The Hall–Kier alpha value is -2.17. The van der Waals surface area contributed by atoms with Gasteiger partial charge < -0.3 is 9.30 Å². The van der Waals surface area contributed by atoms with Gasteiger partial charge in [-0.15, -0.1) is 0 Å². The fourth-order valence-electron chi connectivity index (χ4n) is 1.39. The van der Waals surface area contributed by atoms with Gasteiger partial charge in [-0.2, -0.15) is 0 Å². The zero-order chi connectivity index (χ0) is 12.3. The average Bonchev–Trinajstić information content (AvgIpc) is 2.80. The molecule has 2 aromatic heterocycles. The number of imidazole rings is 1. The lowest BCUT2D eigenvalue weighted by Gasteiger charge is -2.00. The number of esters is 1. The molecule has 5 heteroatoms. The molecule has 0 amide bonds. The Bertz CT molecular complexity index is 517. The van der Waals surface area contributed by atoms with E-state index < -0.39 is 5.97 Å². The van der Waals surface area contributed by atoms with E-state index >= 15 is 0 Å². The Morgan fingerprint density at radius 2 is 2.24 bits per heavy atom. The number of carbonyl (C=O) groups excluding carboxylic acids is 1. The number of nitrogens with zero attached hydrogens (tertiary/aromatic N) is 3. The van der Waals surface area contributed by atoms with Crippen molar-refractivity contribution in [3.8, 4) is 5.69 Å². The Labute approximate surface area is 99.1 Å². The SMILES string of the molecule is CCOC(=O)c1cn(-c2ccc(C)nc2)cn1. The topological polar surface area (TPSA) is 57.0 Å². The van der Waals surface area contributed by atoms with Gasteiger partial charge >= 0.3 is 5.97 Å². The van der Waals surface area contributed by atoms with E-state index in [0.29, 0.717) is 12.3 Å². The number of hydrogen-bond acceptors (Lipinski definition) is 4. The zero-order valence-corrected chi connectivity index (χ0v) is 9.75. The monoisotopic (exact) mass is 231 g/mol. The molecule has 0 unspecified atom stereocenters. The molecule has 2 heterocycles. The number of ether oxygens (including phenoxy) is 1. The van der Waals surface area contributed by atoms with Crippen molar-refractivity contribution >= 4 is 5.97 Å². The first kappa shape index (κ1) is 11.3. The predicted octanol–water partition coefficient (Wildman–Crippen LogP) is 1.75. The van der Waals surface area contributed by atoms with Crippen LogP contribution in [0.15, 0.2) is 30.9 Å². The van der Waals surface area contributed by atoms with Gasteiger partial charge in [0.05, 0.1) is 18.5 Å². The van der Waals surface area contributed by atoms with Gasteiger partial charge in [0.1, 0.15) is 6.33 Å². The summed E-state index contributed by atoms with van der Waals surface area (Å²) < 4.78 is 6.60. The van der Waals surface area contributed by atoms with Crippen molar-refractivity contribution in [3.05, 3.63) is 42.2 Å². The quantitative estimate of drug-likeness (QED) is 0.755. The molecule has 2 rings (SSSR count). The van der Waals surface area contributed by atoms with Gasteiger partial charge in [-0.05, 0) is 26.0 Å². The van der Waals surface area contributed by atoms with Crippen molar-refractivity contribution in [1.29, 1.82) is 0 Å². The third-order valence-electron chi connectivity index (χ3n) is 2.26. The first-order valence-electron chi connectivity index (χ1n) is 5.35. The lowest BCUT2D eigenvalue weighted by molar-refractivity contribution is 0.0520. The van der Waals surface area contributed by atoms with Crippen LogP contribution in [0.2, 0.25) is 0 Å². The second-order valence-corrected chi connectivity index (χ2v) is 3.54. The van der Waals surface area contributed by atoms with Gasteiger partial charge in [0.15, 0.2) is 5.69 Å². The molecule has 0 radical (unpaired) electrons. The molecule has 0 aliphatic carbocycles. The Kier molecular flexibility index (Phi) is 3.18. The van der Waals surface area contributed by atoms with Crippen LogP contribution in [0.3, 0.4) is 0 Å². The Morgan fingerprint density at radius 1 is 1.41 bits per heavy atom. The van der Waals surface area contributed by atoms with Crippen molar-refractivity contribution in [2.24, 2.45) is 0 Å². The Morgan fingerprint density at radius 3 is 2.88 bits per heavy atom. The number of hydrogen-bond donors (Lipinski definition) is 0. The molecule has 0 atom stereocenters. The third kappa shape index (κ3) is 2.50. The molecular formula is C12H13N3O2. The molecule has 17 heavy (non-hydrogen) atoms. The van der Waals surface area contributed by atoms with Crippen LogP contribution in [0.1, 0.15) is 23.1 Å². The highest BCUT2D eigenvalue weighted by molar-refractivity contribution is 5.87. The van der Waals surface area contributed by atoms with Gasteiger partial charge in [0, 0.05) is 11.9 Å². The van der Waals surface area contributed by atoms with Crippen LogP contribution in [0.4, 0.5) is 0 Å². The van der Waals surface area contributed by atoms with Crippen LogP contribution < -0.4 is 0 Å². The number of pyridine rings is 1.